The highest BCUT2D eigenvalue weighted by atomic mass is 19.4. The Kier molecular flexibility index (Phi) is 3.75. The highest BCUT2D eigenvalue weighted by Gasteiger charge is 2.38. The van der Waals surface area contributed by atoms with Gasteiger partial charge in [-0.3, -0.25) is 4.79 Å². The standard InChI is InChI=1S/C16H15F3N4O2/c17-16(18,19)11-3-1-10(2-4-11)15(24)22-6-5-14-13(8-22)23-12(9-25-14)7-20-21-23/h1-4,7,13-14H,5-6,8-9H2/t13-,14+/m0/s1. The minimum absolute atomic E-state index is 0.0362. The number of halogens is 3. The van der Waals surface area contributed by atoms with E-state index in [1.807, 2.05) is 0 Å². The van der Waals surface area contributed by atoms with E-state index in [0.29, 0.717) is 26.1 Å². The van der Waals surface area contributed by atoms with Crippen LogP contribution in [0.4, 0.5) is 13.2 Å². The van der Waals surface area contributed by atoms with Crippen molar-refractivity contribution in [3.8, 4) is 0 Å². The Balaban J connectivity index is 1.52. The van der Waals surface area contributed by atoms with Gasteiger partial charge < -0.3 is 9.64 Å². The van der Waals surface area contributed by atoms with Crippen LogP contribution in [0.3, 0.4) is 0 Å². The third-order valence-electron chi connectivity index (χ3n) is 4.67. The third-order valence-corrected chi connectivity index (χ3v) is 4.67. The molecule has 2 atom stereocenters. The zero-order valence-electron chi connectivity index (χ0n) is 13.1. The number of hydrogen-bond acceptors (Lipinski definition) is 4. The molecule has 2 aromatic rings. The molecule has 1 fully saturated rings. The lowest BCUT2D eigenvalue weighted by Gasteiger charge is -2.41. The van der Waals surface area contributed by atoms with E-state index < -0.39 is 11.7 Å². The van der Waals surface area contributed by atoms with Gasteiger partial charge in [-0.25, -0.2) is 4.68 Å². The topological polar surface area (TPSA) is 60.3 Å². The van der Waals surface area contributed by atoms with E-state index in [2.05, 4.69) is 10.3 Å². The van der Waals surface area contributed by atoms with Crippen LogP contribution < -0.4 is 0 Å². The maximum Gasteiger partial charge on any atom is 0.416 e. The first-order valence-corrected chi connectivity index (χ1v) is 7.90. The van der Waals surface area contributed by atoms with Crippen LogP contribution in [-0.2, 0) is 17.5 Å². The molecule has 1 saturated heterocycles. The fraction of sp³-hybridized carbons (Fsp3) is 0.438. The van der Waals surface area contributed by atoms with Gasteiger partial charge in [0.2, 0.25) is 0 Å². The van der Waals surface area contributed by atoms with E-state index in [1.54, 1.807) is 15.8 Å². The fourth-order valence-electron chi connectivity index (χ4n) is 3.35. The number of carbonyl (C=O) groups is 1. The highest BCUT2D eigenvalue weighted by Crippen LogP contribution is 2.32. The van der Waals surface area contributed by atoms with Crippen molar-refractivity contribution in [1.82, 2.24) is 19.9 Å². The summed E-state index contributed by atoms with van der Waals surface area (Å²) in [6.07, 6.45) is -2.17. The predicted octanol–water partition coefficient (Wildman–Crippen LogP) is 2.28. The van der Waals surface area contributed by atoms with Crippen molar-refractivity contribution in [1.29, 1.82) is 0 Å². The molecule has 0 spiro atoms. The Morgan fingerprint density at radius 2 is 2.00 bits per heavy atom. The van der Waals surface area contributed by atoms with Gasteiger partial charge in [-0.2, -0.15) is 13.2 Å². The van der Waals surface area contributed by atoms with Crippen molar-refractivity contribution in [2.24, 2.45) is 0 Å². The van der Waals surface area contributed by atoms with E-state index in [1.165, 1.54) is 12.1 Å². The second kappa shape index (κ2) is 5.83. The van der Waals surface area contributed by atoms with E-state index >= 15 is 0 Å². The van der Waals surface area contributed by atoms with E-state index in [9.17, 15) is 18.0 Å². The molecule has 0 radical (unpaired) electrons. The number of hydrogen-bond donors (Lipinski definition) is 0. The first-order valence-electron chi connectivity index (χ1n) is 7.90. The number of aromatic nitrogens is 3. The Bertz CT molecular complexity index is 787. The van der Waals surface area contributed by atoms with Crippen LogP contribution in [0.1, 0.15) is 34.1 Å². The van der Waals surface area contributed by atoms with Crippen molar-refractivity contribution < 1.29 is 22.7 Å². The highest BCUT2D eigenvalue weighted by molar-refractivity contribution is 5.94. The second-order valence-corrected chi connectivity index (χ2v) is 6.20. The Hall–Kier alpha value is -2.42. The molecule has 9 heteroatoms. The van der Waals surface area contributed by atoms with Gasteiger partial charge in [-0.05, 0) is 30.7 Å². The van der Waals surface area contributed by atoms with Gasteiger partial charge in [0.05, 0.1) is 36.2 Å². The average Bonchev–Trinajstić information content (AvgIpc) is 3.09. The molecule has 0 N–H and O–H groups in total. The largest absolute Gasteiger partial charge is 0.416 e. The van der Waals surface area contributed by atoms with Crippen LogP contribution in [0.5, 0.6) is 0 Å². The van der Waals surface area contributed by atoms with Crippen molar-refractivity contribution >= 4 is 5.91 Å². The molecule has 1 aromatic heterocycles. The summed E-state index contributed by atoms with van der Waals surface area (Å²) in [5.74, 6) is -0.292. The van der Waals surface area contributed by atoms with Gasteiger partial charge in [0.15, 0.2) is 0 Å². The molecule has 2 aliphatic heterocycles. The quantitative estimate of drug-likeness (QED) is 0.790. The van der Waals surface area contributed by atoms with Crippen LogP contribution in [0.2, 0.25) is 0 Å². The van der Waals surface area contributed by atoms with Crippen LogP contribution in [-0.4, -0.2) is 45.0 Å². The van der Waals surface area contributed by atoms with Crippen molar-refractivity contribution in [2.75, 3.05) is 13.1 Å². The number of likely N-dealkylation sites (tertiary alicyclic amines) is 1. The van der Waals surface area contributed by atoms with Gasteiger partial charge in [0, 0.05) is 18.7 Å². The lowest BCUT2D eigenvalue weighted by atomic mass is 9.99. The minimum atomic E-state index is -4.41. The summed E-state index contributed by atoms with van der Waals surface area (Å²) >= 11 is 0. The Labute approximate surface area is 141 Å². The summed E-state index contributed by atoms with van der Waals surface area (Å²) in [6.45, 7) is 1.33. The lowest BCUT2D eigenvalue weighted by Crippen LogP contribution is -2.49. The lowest BCUT2D eigenvalue weighted by molar-refractivity contribution is -0.137. The zero-order valence-corrected chi connectivity index (χ0v) is 13.1. The van der Waals surface area contributed by atoms with E-state index in [-0.39, 0.29) is 23.6 Å². The van der Waals surface area contributed by atoms with Crippen LogP contribution >= 0.6 is 0 Å². The summed E-state index contributed by atoms with van der Waals surface area (Å²) in [4.78, 5) is 14.3. The average molecular weight is 352 g/mol. The molecule has 3 heterocycles. The van der Waals surface area contributed by atoms with Crippen LogP contribution in [0.15, 0.2) is 30.5 Å². The maximum absolute atomic E-state index is 12.6. The predicted molar refractivity (Wildman–Crippen MR) is 79.6 cm³/mol. The van der Waals surface area contributed by atoms with Gasteiger partial charge in [0.25, 0.3) is 5.91 Å². The monoisotopic (exact) mass is 352 g/mol. The molecular formula is C16H15F3N4O2. The third kappa shape index (κ3) is 2.88. The second-order valence-electron chi connectivity index (χ2n) is 6.20. The number of nitrogens with zero attached hydrogens (tertiary/aromatic N) is 4. The van der Waals surface area contributed by atoms with Crippen molar-refractivity contribution in [3.63, 3.8) is 0 Å². The molecule has 0 unspecified atom stereocenters. The normalized spacial score (nSPS) is 23.1. The first-order chi connectivity index (χ1) is 11.9. The van der Waals surface area contributed by atoms with Crippen LogP contribution in [0.25, 0.3) is 0 Å². The molecule has 1 amide bonds. The summed E-state index contributed by atoms with van der Waals surface area (Å²) < 4.78 is 45.5. The van der Waals surface area contributed by atoms with Gasteiger partial charge in [0.1, 0.15) is 0 Å². The summed E-state index contributed by atoms with van der Waals surface area (Å²) in [5, 5.41) is 7.95. The van der Waals surface area contributed by atoms with Crippen molar-refractivity contribution in [3.05, 3.63) is 47.3 Å². The molecule has 0 bridgehead atoms. The molecular weight excluding hydrogens is 337 g/mol. The molecule has 0 saturated carbocycles. The molecule has 6 nitrogen and oxygen atoms in total. The smallest absolute Gasteiger partial charge is 0.370 e. The van der Waals surface area contributed by atoms with Crippen LogP contribution in [0, 0.1) is 0 Å². The first kappa shape index (κ1) is 16.1. The molecule has 2 aliphatic rings. The number of piperidine rings is 1. The number of fused-ring (bicyclic) bond motifs is 3. The minimum Gasteiger partial charge on any atom is -0.370 e. The molecule has 25 heavy (non-hydrogen) atoms. The van der Waals surface area contributed by atoms with Gasteiger partial charge in [-0.15, -0.1) is 5.10 Å². The number of carbonyl (C=O) groups excluding carboxylic acids is 1. The fourth-order valence-corrected chi connectivity index (χ4v) is 3.35. The van der Waals surface area contributed by atoms with E-state index in [0.717, 1.165) is 17.8 Å². The number of ether oxygens (including phenoxy) is 1. The SMILES string of the molecule is O=C(c1ccc(C(F)(F)F)cc1)N1CC[C@H]2OCc3cnnn3[C@H]2C1. The molecule has 4 rings (SSSR count). The van der Waals surface area contributed by atoms with Crippen molar-refractivity contribution in [2.45, 2.75) is 31.3 Å². The Morgan fingerprint density at radius 3 is 2.72 bits per heavy atom. The summed E-state index contributed by atoms with van der Waals surface area (Å²) in [6, 6.07) is 4.17. The molecule has 1 aromatic carbocycles. The van der Waals surface area contributed by atoms with Gasteiger partial charge >= 0.3 is 6.18 Å². The zero-order chi connectivity index (χ0) is 17.6. The number of amides is 1. The van der Waals surface area contributed by atoms with E-state index in [4.69, 9.17) is 4.74 Å². The number of benzene rings is 1. The maximum atomic E-state index is 12.6. The summed E-state index contributed by atoms with van der Waals surface area (Å²) in [7, 11) is 0. The van der Waals surface area contributed by atoms with Gasteiger partial charge in [-0.1, -0.05) is 5.21 Å². The molecule has 132 valence electrons. The number of rotatable bonds is 1. The Morgan fingerprint density at radius 1 is 1.24 bits per heavy atom. The summed E-state index contributed by atoms with van der Waals surface area (Å²) in [5.41, 5.74) is 0.322. The number of alkyl halides is 3. The molecule has 0 aliphatic carbocycles.